The lowest BCUT2D eigenvalue weighted by Crippen LogP contribution is -2.34. The number of aliphatic hydroxyl groups is 1. The van der Waals surface area contributed by atoms with Crippen molar-refractivity contribution in [2.45, 2.75) is 19.8 Å². The molecule has 4 heteroatoms. The van der Waals surface area contributed by atoms with Gasteiger partial charge in [0.1, 0.15) is 0 Å². The van der Waals surface area contributed by atoms with E-state index in [1.807, 2.05) is 24.3 Å². The minimum atomic E-state index is -0.0255. The van der Waals surface area contributed by atoms with E-state index in [1.54, 1.807) is 11.9 Å². The summed E-state index contributed by atoms with van der Waals surface area (Å²) >= 11 is 0. The van der Waals surface area contributed by atoms with Crippen molar-refractivity contribution in [1.29, 1.82) is 0 Å². The fourth-order valence-electron chi connectivity index (χ4n) is 1.84. The van der Waals surface area contributed by atoms with Crippen molar-refractivity contribution in [3.8, 4) is 0 Å². The molecule has 18 heavy (non-hydrogen) atoms. The molecule has 100 valence electrons. The molecule has 0 saturated heterocycles. The number of hydrogen-bond donors (Lipinski definition) is 2. The van der Waals surface area contributed by atoms with Crippen LogP contribution < -0.4 is 5.32 Å². The van der Waals surface area contributed by atoms with Crippen LogP contribution in [0.4, 0.5) is 5.69 Å². The summed E-state index contributed by atoms with van der Waals surface area (Å²) in [5.74, 6) is -0.0255. The van der Waals surface area contributed by atoms with Gasteiger partial charge in [0.25, 0.3) is 5.91 Å². The minimum absolute atomic E-state index is 0.00280. The molecule has 1 aromatic rings. The van der Waals surface area contributed by atoms with Crippen molar-refractivity contribution >= 4 is 11.6 Å². The summed E-state index contributed by atoms with van der Waals surface area (Å²) < 4.78 is 0. The smallest absolute Gasteiger partial charge is 0.256 e. The van der Waals surface area contributed by atoms with E-state index in [9.17, 15) is 4.79 Å². The van der Waals surface area contributed by atoms with Gasteiger partial charge in [0, 0.05) is 25.8 Å². The van der Waals surface area contributed by atoms with Crippen molar-refractivity contribution in [3.63, 3.8) is 0 Å². The van der Waals surface area contributed by atoms with Crippen LogP contribution in [0.3, 0.4) is 0 Å². The average molecular weight is 250 g/mol. The molecule has 0 saturated carbocycles. The number of amides is 1. The molecule has 0 aromatic heterocycles. The number of benzene rings is 1. The molecule has 4 nitrogen and oxygen atoms in total. The molecule has 0 aliphatic rings. The molecule has 1 aromatic carbocycles. The van der Waals surface area contributed by atoms with Gasteiger partial charge in [-0.1, -0.05) is 25.5 Å². The Labute approximate surface area is 109 Å². The number of anilines is 1. The first-order valence-electron chi connectivity index (χ1n) is 6.41. The number of carbonyl (C=O) groups excluding carboxylic acids is 1. The third kappa shape index (κ3) is 3.74. The third-order valence-electron chi connectivity index (χ3n) is 2.87. The molecule has 1 rings (SSSR count). The Morgan fingerprint density at radius 3 is 2.67 bits per heavy atom. The van der Waals surface area contributed by atoms with Crippen molar-refractivity contribution in [1.82, 2.24) is 4.90 Å². The van der Waals surface area contributed by atoms with Crippen LogP contribution in [0.1, 0.15) is 30.1 Å². The van der Waals surface area contributed by atoms with Crippen LogP contribution in [0.2, 0.25) is 0 Å². The van der Waals surface area contributed by atoms with E-state index in [1.165, 1.54) is 0 Å². The lowest BCUT2D eigenvalue weighted by atomic mass is 10.1. The number of nitrogens with one attached hydrogen (secondary N) is 1. The Bertz CT molecular complexity index is 380. The van der Waals surface area contributed by atoms with Crippen LogP contribution >= 0.6 is 0 Å². The van der Waals surface area contributed by atoms with E-state index >= 15 is 0 Å². The van der Waals surface area contributed by atoms with Crippen molar-refractivity contribution in [3.05, 3.63) is 29.8 Å². The maximum atomic E-state index is 12.4. The number of carbonyl (C=O) groups is 1. The topological polar surface area (TPSA) is 52.6 Å². The molecule has 0 radical (unpaired) electrons. The summed E-state index contributed by atoms with van der Waals surface area (Å²) in [6, 6.07) is 7.44. The Morgan fingerprint density at radius 2 is 2.06 bits per heavy atom. The number of nitrogens with zero attached hydrogens (tertiary/aromatic N) is 1. The summed E-state index contributed by atoms with van der Waals surface area (Å²) in [6.07, 6.45) is 1.98. The SMILES string of the molecule is CCCCN(CCO)C(=O)c1ccccc1NC. The summed E-state index contributed by atoms with van der Waals surface area (Å²) in [4.78, 5) is 14.1. The first kappa shape index (κ1) is 14.5. The first-order valence-corrected chi connectivity index (χ1v) is 6.41. The zero-order valence-electron chi connectivity index (χ0n) is 11.1. The van der Waals surface area contributed by atoms with E-state index in [0.29, 0.717) is 18.7 Å². The van der Waals surface area contributed by atoms with Gasteiger partial charge in [-0.2, -0.15) is 0 Å². The van der Waals surface area contributed by atoms with E-state index < -0.39 is 0 Å². The Hall–Kier alpha value is -1.55. The number of unbranched alkanes of at least 4 members (excludes halogenated alkanes) is 1. The molecule has 0 atom stereocenters. The van der Waals surface area contributed by atoms with E-state index in [0.717, 1.165) is 18.5 Å². The predicted octanol–water partition coefficient (Wildman–Crippen LogP) is 1.96. The van der Waals surface area contributed by atoms with Gasteiger partial charge in [-0.05, 0) is 18.6 Å². The molecular weight excluding hydrogens is 228 g/mol. The Balaban J connectivity index is 2.86. The molecule has 0 heterocycles. The monoisotopic (exact) mass is 250 g/mol. The molecule has 2 N–H and O–H groups in total. The predicted molar refractivity (Wildman–Crippen MR) is 73.9 cm³/mol. The highest BCUT2D eigenvalue weighted by Crippen LogP contribution is 2.16. The molecule has 0 unspecified atom stereocenters. The van der Waals surface area contributed by atoms with Crippen LogP contribution in [0.25, 0.3) is 0 Å². The molecule has 0 aliphatic heterocycles. The lowest BCUT2D eigenvalue weighted by Gasteiger charge is -2.22. The van der Waals surface area contributed by atoms with Gasteiger partial charge in [-0.25, -0.2) is 0 Å². The van der Waals surface area contributed by atoms with Gasteiger partial charge < -0.3 is 15.3 Å². The van der Waals surface area contributed by atoms with Gasteiger partial charge in [0.05, 0.1) is 12.2 Å². The second-order valence-corrected chi connectivity index (χ2v) is 4.16. The average Bonchev–Trinajstić information content (AvgIpc) is 2.42. The molecule has 0 aliphatic carbocycles. The van der Waals surface area contributed by atoms with Gasteiger partial charge in [-0.3, -0.25) is 4.79 Å². The van der Waals surface area contributed by atoms with Crippen LogP contribution in [-0.2, 0) is 0 Å². The Kier molecular flexibility index (Phi) is 6.22. The van der Waals surface area contributed by atoms with Gasteiger partial charge in [-0.15, -0.1) is 0 Å². The summed E-state index contributed by atoms with van der Waals surface area (Å²) in [7, 11) is 1.80. The van der Waals surface area contributed by atoms with E-state index in [-0.39, 0.29) is 12.5 Å². The van der Waals surface area contributed by atoms with Crippen LogP contribution in [0, 0.1) is 0 Å². The van der Waals surface area contributed by atoms with Gasteiger partial charge in [0.2, 0.25) is 0 Å². The highest BCUT2D eigenvalue weighted by atomic mass is 16.3. The quantitative estimate of drug-likeness (QED) is 0.778. The maximum Gasteiger partial charge on any atom is 0.256 e. The summed E-state index contributed by atoms with van der Waals surface area (Å²) in [6.45, 7) is 3.16. The third-order valence-corrected chi connectivity index (χ3v) is 2.87. The van der Waals surface area contributed by atoms with Crippen molar-refractivity contribution in [2.75, 3.05) is 32.1 Å². The Morgan fingerprint density at radius 1 is 1.33 bits per heavy atom. The van der Waals surface area contributed by atoms with Crippen LogP contribution in [-0.4, -0.2) is 42.7 Å². The fraction of sp³-hybridized carbons (Fsp3) is 0.500. The molecular formula is C14H22N2O2. The standard InChI is InChI=1S/C14H22N2O2/c1-3-4-9-16(10-11-17)14(18)12-7-5-6-8-13(12)15-2/h5-8,15,17H,3-4,9-11H2,1-2H3. The normalized spacial score (nSPS) is 10.2. The lowest BCUT2D eigenvalue weighted by molar-refractivity contribution is 0.0720. The largest absolute Gasteiger partial charge is 0.395 e. The molecule has 0 bridgehead atoms. The second kappa shape index (κ2) is 7.71. The van der Waals surface area contributed by atoms with Crippen LogP contribution in [0.5, 0.6) is 0 Å². The summed E-state index contributed by atoms with van der Waals surface area (Å²) in [5.41, 5.74) is 1.48. The number of rotatable bonds is 7. The summed E-state index contributed by atoms with van der Waals surface area (Å²) in [5, 5.41) is 12.1. The van der Waals surface area contributed by atoms with Gasteiger partial charge >= 0.3 is 0 Å². The highest BCUT2D eigenvalue weighted by molar-refractivity contribution is 5.99. The van der Waals surface area contributed by atoms with Crippen LogP contribution in [0.15, 0.2) is 24.3 Å². The zero-order chi connectivity index (χ0) is 13.4. The van der Waals surface area contributed by atoms with E-state index in [2.05, 4.69) is 12.2 Å². The second-order valence-electron chi connectivity index (χ2n) is 4.16. The minimum Gasteiger partial charge on any atom is -0.395 e. The van der Waals surface area contributed by atoms with Crippen molar-refractivity contribution in [2.24, 2.45) is 0 Å². The van der Waals surface area contributed by atoms with Gasteiger partial charge in [0.15, 0.2) is 0 Å². The fourth-order valence-corrected chi connectivity index (χ4v) is 1.84. The number of para-hydroxylation sites is 1. The number of hydrogen-bond acceptors (Lipinski definition) is 3. The zero-order valence-corrected chi connectivity index (χ0v) is 11.1. The van der Waals surface area contributed by atoms with Crippen molar-refractivity contribution < 1.29 is 9.90 Å². The maximum absolute atomic E-state index is 12.4. The molecule has 0 spiro atoms. The van der Waals surface area contributed by atoms with E-state index in [4.69, 9.17) is 5.11 Å². The molecule has 0 fully saturated rings. The first-order chi connectivity index (χ1) is 8.74. The molecule has 1 amide bonds. The highest BCUT2D eigenvalue weighted by Gasteiger charge is 2.17. The number of aliphatic hydroxyl groups excluding tert-OH is 1.